The Morgan fingerprint density at radius 3 is 2.02 bits per heavy atom. The summed E-state index contributed by atoms with van der Waals surface area (Å²) in [6.07, 6.45) is 1.06. The molecule has 66 heavy (non-hydrogen) atoms. The molecule has 1 atom stereocenters. The topological polar surface area (TPSA) is 275 Å². The van der Waals surface area contributed by atoms with Gasteiger partial charge in [0.1, 0.15) is 30.2 Å². The molecule has 3 N–H and O–H groups in total. The number of hydrogen-bond donors (Lipinski definition) is 3. The molecule has 0 fully saturated rings. The Bertz CT molecular complexity index is 3140. The van der Waals surface area contributed by atoms with Crippen LogP contribution in [0.3, 0.4) is 0 Å². The maximum absolute atomic E-state index is 14.1. The van der Waals surface area contributed by atoms with Crippen molar-refractivity contribution in [3.63, 3.8) is 0 Å². The van der Waals surface area contributed by atoms with E-state index < -0.39 is 54.9 Å². The van der Waals surface area contributed by atoms with Crippen LogP contribution in [0.25, 0.3) is 33.0 Å². The second-order valence-electron chi connectivity index (χ2n) is 16.5. The number of carbonyl (C=O) groups excluding carboxylic acids is 3. The number of esters is 1. The Kier molecular flexibility index (Phi) is 14.9. The van der Waals surface area contributed by atoms with Gasteiger partial charge in [-0.1, -0.05) is 24.3 Å². The highest BCUT2D eigenvalue weighted by Crippen LogP contribution is 2.30. The molecule has 0 aliphatic carbocycles. The molecule has 6 aromatic rings. The van der Waals surface area contributed by atoms with Crippen molar-refractivity contribution < 1.29 is 54.2 Å². The molecule has 0 radical (unpaired) electrons. The van der Waals surface area contributed by atoms with Gasteiger partial charge in [0.05, 0.1) is 43.6 Å². The number of rotatable bonds is 20. The van der Waals surface area contributed by atoms with E-state index in [1.165, 1.54) is 18.7 Å². The van der Waals surface area contributed by atoms with Gasteiger partial charge in [-0.05, 0) is 55.7 Å². The average molecular weight is 949 g/mol. The summed E-state index contributed by atoms with van der Waals surface area (Å²) in [4.78, 5) is 72.8. The normalized spacial score (nSPS) is 13.0. The monoisotopic (exact) mass is 948 g/mol. The number of fused-ring (bicyclic) bond motifs is 3. The van der Waals surface area contributed by atoms with Crippen molar-refractivity contribution in [2.24, 2.45) is 14.1 Å². The van der Waals surface area contributed by atoms with E-state index in [2.05, 4.69) is 20.7 Å². The fourth-order valence-electron chi connectivity index (χ4n) is 8.17. The fourth-order valence-corrected chi connectivity index (χ4v) is 9.14. The largest absolute Gasteiger partial charge is 0.748 e. The maximum Gasteiger partial charge on any atom is 0.345 e. The number of para-hydroxylation sites is 2. The number of carbonyl (C=O) groups is 3. The predicted octanol–water partition coefficient (Wildman–Crippen LogP) is 1.88. The summed E-state index contributed by atoms with van der Waals surface area (Å²) in [6, 6.07) is 17.5. The Hall–Kier alpha value is -6.33. The van der Waals surface area contributed by atoms with Crippen LogP contribution in [0.15, 0.2) is 70.3 Å². The molecule has 3 aromatic heterocycles. The number of pyridine rings is 1. The molecule has 22 heteroatoms. The third-order valence-electron chi connectivity index (χ3n) is 11.3. The number of aryl methyl sites for hydroxylation is 5. The van der Waals surface area contributed by atoms with Crippen LogP contribution in [0, 0.1) is 13.8 Å². The first-order chi connectivity index (χ1) is 31.1. The second-order valence-corrected chi connectivity index (χ2v) is 19.6. The molecular formula is C44H52N8O12S2. The van der Waals surface area contributed by atoms with Crippen LogP contribution in [0.5, 0.6) is 5.75 Å². The summed E-state index contributed by atoms with van der Waals surface area (Å²) < 4.78 is 78.2. The van der Waals surface area contributed by atoms with Gasteiger partial charge in [-0.25, -0.2) is 41.4 Å². The van der Waals surface area contributed by atoms with E-state index in [1.54, 1.807) is 81.6 Å². The fraction of sp³-hybridized carbons (Fsp3) is 0.386. The molecule has 0 aliphatic heterocycles. The van der Waals surface area contributed by atoms with Gasteiger partial charge in [0.25, 0.3) is 17.4 Å². The van der Waals surface area contributed by atoms with Crippen LogP contribution in [-0.2, 0) is 52.1 Å². The van der Waals surface area contributed by atoms with Gasteiger partial charge in [0.2, 0.25) is 11.0 Å². The molecular weight excluding hydrogens is 897 g/mol. The number of nitrogens with one attached hydrogen (secondary N) is 3. The van der Waals surface area contributed by atoms with E-state index in [4.69, 9.17) is 4.74 Å². The van der Waals surface area contributed by atoms with Crippen LogP contribution >= 0.6 is 0 Å². The predicted molar refractivity (Wildman–Crippen MR) is 241 cm³/mol. The van der Waals surface area contributed by atoms with Gasteiger partial charge in [-0.2, -0.15) is 4.57 Å². The number of nitrogens with zero attached hydrogens (tertiary/aromatic N) is 5. The third kappa shape index (κ3) is 11.7. The minimum Gasteiger partial charge on any atom is -0.748 e. The first-order valence-corrected chi connectivity index (χ1v) is 24.3. The molecule has 6 rings (SSSR count). The van der Waals surface area contributed by atoms with Crippen LogP contribution in [0.4, 0.5) is 0 Å². The lowest BCUT2D eigenvalue weighted by Crippen LogP contribution is -2.59. The van der Waals surface area contributed by atoms with Crippen LogP contribution in [0.2, 0.25) is 0 Å². The molecule has 2 amide bonds. The van der Waals surface area contributed by atoms with Crippen molar-refractivity contribution in [2.75, 3.05) is 38.2 Å². The molecule has 352 valence electrons. The number of amides is 2. The van der Waals surface area contributed by atoms with Gasteiger partial charge in [-0.3, -0.25) is 23.5 Å². The summed E-state index contributed by atoms with van der Waals surface area (Å²) in [6.45, 7) is 4.19. The number of imidazole rings is 1. The Morgan fingerprint density at radius 1 is 0.833 bits per heavy atom. The highest BCUT2D eigenvalue weighted by molar-refractivity contribution is 7.85. The molecule has 20 nitrogen and oxygen atoms in total. The van der Waals surface area contributed by atoms with Crippen molar-refractivity contribution in [3.05, 3.63) is 110 Å². The zero-order chi connectivity index (χ0) is 48.1. The number of hydrogen-bond acceptors (Lipinski definition) is 13. The number of benzene rings is 3. The van der Waals surface area contributed by atoms with Crippen molar-refractivity contribution in [2.45, 2.75) is 58.9 Å². The van der Waals surface area contributed by atoms with Crippen molar-refractivity contribution in [3.8, 4) is 5.75 Å². The van der Waals surface area contributed by atoms with Gasteiger partial charge < -0.3 is 24.1 Å². The number of aromatic nitrogens is 5. The van der Waals surface area contributed by atoms with E-state index in [0.717, 1.165) is 4.57 Å². The first kappa shape index (κ1) is 49.1. The minimum absolute atomic E-state index is 0.0222. The van der Waals surface area contributed by atoms with E-state index in [0.29, 0.717) is 57.2 Å². The molecule has 1 unspecified atom stereocenters. The lowest BCUT2D eigenvalue weighted by atomic mass is 10.0. The molecule has 3 heterocycles. The second kappa shape index (κ2) is 20.0. The summed E-state index contributed by atoms with van der Waals surface area (Å²) >= 11 is 0. The van der Waals surface area contributed by atoms with Gasteiger partial charge in [-0.15, -0.1) is 0 Å². The van der Waals surface area contributed by atoms with Gasteiger partial charge >= 0.3 is 11.7 Å². The molecule has 0 bridgehead atoms. The first-order valence-electron chi connectivity index (χ1n) is 21.2. The number of aromatic amines is 1. The SMILES string of the molecule is Cc1cc(C(=O)NCCC[N+](C)(CCCS(=O)(=O)[O-])NC(=O)CCCc2nc3c([nH]2)c(=O)n(C)c(=O)n3C)cc(C)c1OC(=O)c1c2ccccc2[n+](CCCS(=O)(=O)[O-])c2ccccc12. The number of quaternary nitrogens is 1. The summed E-state index contributed by atoms with van der Waals surface area (Å²) in [7, 11) is -4.38. The van der Waals surface area contributed by atoms with Crippen LogP contribution in [0.1, 0.15) is 69.8 Å². The van der Waals surface area contributed by atoms with E-state index in [-0.39, 0.29) is 84.8 Å². The average Bonchev–Trinajstić information content (AvgIpc) is 3.68. The van der Waals surface area contributed by atoms with E-state index in [9.17, 15) is 49.9 Å². The highest BCUT2D eigenvalue weighted by Gasteiger charge is 2.28. The van der Waals surface area contributed by atoms with E-state index >= 15 is 0 Å². The summed E-state index contributed by atoms with van der Waals surface area (Å²) in [5, 5.41) is 3.99. The summed E-state index contributed by atoms with van der Waals surface area (Å²) in [5.41, 5.74) is 5.16. The zero-order valence-corrected chi connectivity index (χ0v) is 38.8. The summed E-state index contributed by atoms with van der Waals surface area (Å²) in [5.74, 6) is -1.88. The Balaban J connectivity index is 1.09. The lowest BCUT2D eigenvalue weighted by molar-refractivity contribution is -0.943. The highest BCUT2D eigenvalue weighted by atomic mass is 32.2. The van der Waals surface area contributed by atoms with Crippen molar-refractivity contribution >= 4 is 71.0 Å². The number of H-pyrrole nitrogens is 1. The maximum atomic E-state index is 14.1. The molecule has 0 saturated carbocycles. The Morgan fingerprint density at radius 2 is 1.41 bits per heavy atom. The standard InChI is InChI=1S/C44H52N8O12S2/c1-28-26-30(27-29(2)39(28)64-43(56)37-31-14-6-8-16-33(31)51(21-12-24-65(58,59)60)34-17-9-7-15-32(34)37)41(54)45-20-11-22-52(5,23-13-25-66(61,62)63)48-36(53)19-10-18-35-46-38-40(47-35)49(3)44(57)50(4)42(38)55/h6-9,14-17,26-27H,10-13,18-25H2,1-5H3,(H3-2,45,46,47,48,53,54,55,58,59,60,61,62,63). The molecule has 3 aromatic carbocycles. The third-order valence-corrected chi connectivity index (χ3v) is 12.9. The molecule has 0 saturated heterocycles. The smallest absolute Gasteiger partial charge is 0.345 e. The van der Waals surface area contributed by atoms with E-state index in [1.807, 2.05) is 4.57 Å². The van der Waals surface area contributed by atoms with Gasteiger partial charge in [0.15, 0.2) is 12.2 Å². The molecule has 0 aliphatic rings. The van der Waals surface area contributed by atoms with Crippen LogP contribution < -0.4 is 31.3 Å². The van der Waals surface area contributed by atoms with Crippen molar-refractivity contribution in [1.29, 1.82) is 0 Å². The lowest BCUT2D eigenvalue weighted by Gasteiger charge is -2.34. The number of ether oxygens (including phenoxy) is 1. The van der Waals surface area contributed by atoms with Crippen LogP contribution in [-0.4, -0.2) is 106 Å². The Labute approximate surface area is 380 Å². The van der Waals surface area contributed by atoms with Gasteiger partial charge in [0, 0.05) is 81.9 Å². The quantitative estimate of drug-likeness (QED) is 0.0144. The minimum atomic E-state index is -4.50. The zero-order valence-electron chi connectivity index (χ0n) is 37.2. The van der Waals surface area contributed by atoms with Crippen molar-refractivity contribution in [1.82, 2.24) is 29.8 Å². The molecule has 0 spiro atoms.